The molecule has 2 unspecified atom stereocenters. The third kappa shape index (κ3) is 9.08. The maximum Gasteiger partial charge on any atom is 0.408 e. The molecule has 0 aromatic heterocycles. The number of rotatable bonds is 10. The van der Waals surface area contributed by atoms with E-state index in [-0.39, 0.29) is 18.2 Å². The van der Waals surface area contributed by atoms with E-state index in [0.29, 0.717) is 12.1 Å². The van der Waals surface area contributed by atoms with Gasteiger partial charge in [-0.15, -0.1) is 0 Å². The van der Waals surface area contributed by atoms with E-state index in [1.165, 1.54) is 4.90 Å². The molecule has 2 atom stereocenters. The van der Waals surface area contributed by atoms with Gasteiger partial charge in [-0.3, -0.25) is 9.59 Å². The quantitative estimate of drug-likeness (QED) is 0.488. The Balaban J connectivity index is 2.34. The van der Waals surface area contributed by atoms with Gasteiger partial charge < -0.3 is 20.3 Å². The summed E-state index contributed by atoms with van der Waals surface area (Å²) in [6.07, 6.45) is 1.38. The van der Waals surface area contributed by atoms with Crippen LogP contribution in [0.4, 0.5) is 4.79 Å². The van der Waals surface area contributed by atoms with Crippen LogP contribution in [0.5, 0.6) is 0 Å². The molecule has 0 heterocycles. The van der Waals surface area contributed by atoms with Crippen LogP contribution in [0.2, 0.25) is 0 Å². The summed E-state index contributed by atoms with van der Waals surface area (Å²) in [6.45, 7) is 9.84. The van der Waals surface area contributed by atoms with Crippen molar-refractivity contribution >= 4 is 17.9 Å². The third-order valence-corrected chi connectivity index (χ3v) is 5.48. The van der Waals surface area contributed by atoms with Crippen LogP contribution in [-0.4, -0.2) is 48.0 Å². The zero-order valence-electron chi connectivity index (χ0n) is 21.8. The molecule has 2 rings (SSSR count). The average Bonchev–Trinajstić information content (AvgIpc) is 2.79. The number of amides is 3. The lowest BCUT2D eigenvalue weighted by molar-refractivity contribution is -0.140. The molecular formula is C28H39N3O4. The monoisotopic (exact) mass is 481 g/mol. The van der Waals surface area contributed by atoms with Crippen molar-refractivity contribution in [3.63, 3.8) is 0 Å². The molecule has 3 amide bonds. The van der Waals surface area contributed by atoms with Gasteiger partial charge in [0, 0.05) is 20.0 Å². The van der Waals surface area contributed by atoms with Gasteiger partial charge in [-0.05, 0) is 45.2 Å². The fraction of sp³-hybridized carbons (Fsp3) is 0.464. The Kier molecular flexibility index (Phi) is 10.3. The summed E-state index contributed by atoms with van der Waals surface area (Å²) >= 11 is 0. The summed E-state index contributed by atoms with van der Waals surface area (Å²) in [7, 11) is 1.60. The second kappa shape index (κ2) is 12.9. The standard InChI is InChI=1S/C28H39N3O4/c1-7-8-18-29-25(32)24(22-16-14-20(2)15-17-22)31(6)26(33)23(19-21-12-10-9-11-13-21)30-27(34)35-28(3,4)5/h9-17,23-24H,7-8,18-19H2,1-6H3,(H,29,32)(H,30,34). The van der Waals surface area contributed by atoms with Gasteiger partial charge in [0.15, 0.2) is 0 Å². The van der Waals surface area contributed by atoms with E-state index >= 15 is 0 Å². The lowest BCUT2D eigenvalue weighted by Gasteiger charge is -2.32. The highest BCUT2D eigenvalue weighted by Gasteiger charge is 2.34. The maximum atomic E-state index is 13.7. The van der Waals surface area contributed by atoms with Crippen molar-refractivity contribution in [2.24, 2.45) is 0 Å². The van der Waals surface area contributed by atoms with Crippen LogP contribution in [0.15, 0.2) is 54.6 Å². The molecule has 7 heteroatoms. The Labute approximate surface area is 209 Å². The van der Waals surface area contributed by atoms with E-state index in [4.69, 9.17) is 4.74 Å². The number of aryl methyl sites for hydroxylation is 1. The highest BCUT2D eigenvalue weighted by atomic mass is 16.6. The summed E-state index contributed by atoms with van der Waals surface area (Å²) in [6, 6.07) is 15.2. The number of ether oxygens (including phenoxy) is 1. The molecule has 0 fully saturated rings. The number of nitrogens with zero attached hydrogens (tertiary/aromatic N) is 1. The maximum absolute atomic E-state index is 13.7. The fourth-order valence-electron chi connectivity index (χ4n) is 3.66. The van der Waals surface area contributed by atoms with Crippen molar-refractivity contribution in [3.05, 3.63) is 71.3 Å². The fourth-order valence-corrected chi connectivity index (χ4v) is 3.66. The number of hydrogen-bond donors (Lipinski definition) is 2. The average molecular weight is 482 g/mol. The number of unbranched alkanes of at least 4 members (excludes halogenated alkanes) is 1. The van der Waals surface area contributed by atoms with Crippen LogP contribution in [0, 0.1) is 6.92 Å². The molecule has 7 nitrogen and oxygen atoms in total. The second-order valence-electron chi connectivity index (χ2n) is 9.80. The first kappa shape index (κ1) is 27.9. The molecule has 190 valence electrons. The predicted molar refractivity (Wildman–Crippen MR) is 138 cm³/mol. The van der Waals surface area contributed by atoms with Crippen molar-refractivity contribution < 1.29 is 19.1 Å². The van der Waals surface area contributed by atoms with Crippen LogP contribution in [0.1, 0.15) is 63.3 Å². The Morgan fingerprint density at radius 1 is 1.00 bits per heavy atom. The number of benzene rings is 2. The first-order valence-corrected chi connectivity index (χ1v) is 12.2. The molecule has 35 heavy (non-hydrogen) atoms. The van der Waals surface area contributed by atoms with Gasteiger partial charge in [-0.25, -0.2) is 4.79 Å². The Hall–Kier alpha value is -3.35. The van der Waals surface area contributed by atoms with Crippen molar-refractivity contribution in [2.45, 2.75) is 71.6 Å². The van der Waals surface area contributed by atoms with Crippen LogP contribution in [0.3, 0.4) is 0 Å². The molecule has 0 bridgehead atoms. The number of hydrogen-bond acceptors (Lipinski definition) is 4. The second-order valence-corrected chi connectivity index (χ2v) is 9.80. The van der Waals surface area contributed by atoms with Gasteiger partial charge in [-0.2, -0.15) is 0 Å². The lowest BCUT2D eigenvalue weighted by Crippen LogP contribution is -2.52. The minimum absolute atomic E-state index is 0.256. The highest BCUT2D eigenvalue weighted by molar-refractivity contribution is 5.92. The van der Waals surface area contributed by atoms with Gasteiger partial charge in [0.1, 0.15) is 17.7 Å². The predicted octanol–water partition coefficient (Wildman–Crippen LogP) is 4.55. The van der Waals surface area contributed by atoms with Crippen LogP contribution in [0.25, 0.3) is 0 Å². The van der Waals surface area contributed by atoms with Crippen molar-refractivity contribution in [3.8, 4) is 0 Å². The van der Waals surface area contributed by atoms with Crippen molar-refractivity contribution in [1.82, 2.24) is 15.5 Å². The molecule has 0 saturated carbocycles. The summed E-state index contributed by atoms with van der Waals surface area (Å²) in [5.41, 5.74) is 1.94. The molecule has 0 spiro atoms. The van der Waals surface area contributed by atoms with Gasteiger partial charge in [0.25, 0.3) is 0 Å². The molecule has 2 aromatic carbocycles. The SMILES string of the molecule is CCCCNC(=O)C(c1ccc(C)cc1)N(C)C(=O)C(Cc1ccccc1)NC(=O)OC(C)(C)C. The van der Waals surface area contributed by atoms with E-state index in [0.717, 1.165) is 24.0 Å². The summed E-state index contributed by atoms with van der Waals surface area (Å²) in [5, 5.41) is 5.67. The minimum Gasteiger partial charge on any atom is -0.444 e. The largest absolute Gasteiger partial charge is 0.444 e. The Bertz CT molecular complexity index is 968. The summed E-state index contributed by atoms with van der Waals surface area (Å²) in [4.78, 5) is 41.0. The Morgan fingerprint density at radius 3 is 2.20 bits per heavy atom. The summed E-state index contributed by atoms with van der Waals surface area (Å²) in [5.74, 6) is -0.634. The van der Waals surface area contributed by atoms with Crippen molar-refractivity contribution in [1.29, 1.82) is 0 Å². The number of likely N-dealkylation sites (N-methyl/N-ethyl adjacent to an activating group) is 1. The Morgan fingerprint density at radius 2 is 1.63 bits per heavy atom. The molecule has 0 radical (unpaired) electrons. The van der Waals surface area contributed by atoms with E-state index in [1.807, 2.05) is 61.5 Å². The smallest absolute Gasteiger partial charge is 0.408 e. The highest BCUT2D eigenvalue weighted by Crippen LogP contribution is 2.22. The van der Waals surface area contributed by atoms with Gasteiger partial charge in [-0.1, -0.05) is 73.5 Å². The van der Waals surface area contributed by atoms with Gasteiger partial charge in [0.05, 0.1) is 0 Å². The summed E-state index contributed by atoms with van der Waals surface area (Å²) < 4.78 is 5.41. The number of carbonyl (C=O) groups is 3. The van der Waals surface area contributed by atoms with E-state index in [1.54, 1.807) is 27.8 Å². The number of carbonyl (C=O) groups excluding carboxylic acids is 3. The first-order valence-electron chi connectivity index (χ1n) is 12.2. The van der Waals surface area contributed by atoms with Gasteiger partial charge >= 0.3 is 6.09 Å². The zero-order valence-corrected chi connectivity index (χ0v) is 21.8. The number of alkyl carbamates (subject to hydrolysis) is 1. The van der Waals surface area contributed by atoms with E-state index in [9.17, 15) is 14.4 Å². The van der Waals surface area contributed by atoms with E-state index < -0.39 is 23.8 Å². The molecule has 2 aromatic rings. The topological polar surface area (TPSA) is 87.7 Å². The minimum atomic E-state index is -0.909. The van der Waals surface area contributed by atoms with Crippen LogP contribution < -0.4 is 10.6 Å². The number of nitrogens with one attached hydrogen (secondary N) is 2. The molecular weight excluding hydrogens is 442 g/mol. The third-order valence-electron chi connectivity index (χ3n) is 5.48. The van der Waals surface area contributed by atoms with Crippen LogP contribution in [-0.2, 0) is 20.7 Å². The normalized spacial score (nSPS) is 12.9. The van der Waals surface area contributed by atoms with Crippen LogP contribution >= 0.6 is 0 Å². The molecule has 0 aliphatic rings. The molecule has 0 aliphatic carbocycles. The lowest BCUT2D eigenvalue weighted by atomic mass is 10.00. The molecule has 2 N–H and O–H groups in total. The van der Waals surface area contributed by atoms with E-state index in [2.05, 4.69) is 17.6 Å². The van der Waals surface area contributed by atoms with Gasteiger partial charge in [0.2, 0.25) is 11.8 Å². The van der Waals surface area contributed by atoms with Crippen molar-refractivity contribution in [2.75, 3.05) is 13.6 Å². The molecule has 0 saturated heterocycles. The zero-order chi connectivity index (χ0) is 26.0. The molecule has 0 aliphatic heterocycles. The first-order chi connectivity index (χ1) is 16.5.